The number of rotatable bonds is 2. The highest BCUT2D eigenvalue weighted by Crippen LogP contribution is 2.27. The maximum Gasteiger partial charge on any atom is 0.251 e. The van der Waals surface area contributed by atoms with Crippen molar-refractivity contribution in [3.8, 4) is 0 Å². The Hall–Kier alpha value is -1.22. The van der Waals surface area contributed by atoms with Crippen LogP contribution in [0.15, 0.2) is 24.3 Å². The monoisotopic (exact) mass is 268 g/mol. The highest BCUT2D eigenvalue weighted by molar-refractivity contribution is 5.95. The summed E-state index contributed by atoms with van der Waals surface area (Å²) in [4.78, 5) is 12.1. The number of halogens is 1. The number of benzene rings is 1. The maximum absolute atomic E-state index is 12.1. The molecule has 0 saturated heterocycles. The van der Waals surface area contributed by atoms with Crippen molar-refractivity contribution >= 4 is 24.0 Å². The van der Waals surface area contributed by atoms with Gasteiger partial charge in [-0.15, -0.1) is 12.4 Å². The minimum atomic E-state index is -0.0417. The van der Waals surface area contributed by atoms with Crippen LogP contribution in [0.5, 0.6) is 0 Å². The van der Waals surface area contributed by atoms with Gasteiger partial charge >= 0.3 is 0 Å². The van der Waals surface area contributed by atoms with E-state index in [1.54, 1.807) is 18.2 Å². The summed E-state index contributed by atoms with van der Waals surface area (Å²) in [5.41, 5.74) is 6.92. The Balaban J connectivity index is 0.00000162. The van der Waals surface area contributed by atoms with Crippen molar-refractivity contribution in [3.05, 3.63) is 29.8 Å². The van der Waals surface area contributed by atoms with Crippen LogP contribution in [0.1, 0.15) is 49.4 Å². The lowest BCUT2D eigenvalue weighted by Gasteiger charge is -2.34. The fourth-order valence-corrected chi connectivity index (χ4v) is 2.48. The van der Waals surface area contributed by atoms with Crippen LogP contribution in [0.25, 0.3) is 0 Å². The molecule has 100 valence electrons. The lowest BCUT2D eigenvalue weighted by molar-refractivity contribution is 0.0883. The van der Waals surface area contributed by atoms with E-state index in [-0.39, 0.29) is 23.9 Å². The van der Waals surface area contributed by atoms with Crippen molar-refractivity contribution in [3.63, 3.8) is 0 Å². The molecule has 18 heavy (non-hydrogen) atoms. The molecule has 1 fully saturated rings. The third-order valence-corrected chi connectivity index (χ3v) is 3.52. The summed E-state index contributed by atoms with van der Waals surface area (Å²) >= 11 is 0. The van der Waals surface area contributed by atoms with Crippen molar-refractivity contribution in [1.82, 2.24) is 5.32 Å². The largest absolute Gasteiger partial charge is 0.399 e. The first-order valence-corrected chi connectivity index (χ1v) is 6.27. The van der Waals surface area contributed by atoms with E-state index in [0.717, 1.165) is 12.8 Å². The van der Waals surface area contributed by atoms with Crippen molar-refractivity contribution in [2.75, 3.05) is 5.73 Å². The van der Waals surface area contributed by atoms with Gasteiger partial charge in [0, 0.05) is 16.8 Å². The van der Waals surface area contributed by atoms with E-state index in [0.29, 0.717) is 11.3 Å². The molecule has 1 aliphatic rings. The molecule has 1 saturated carbocycles. The average Bonchev–Trinajstić information content (AvgIpc) is 2.29. The second kappa shape index (κ2) is 6.10. The molecular weight excluding hydrogens is 248 g/mol. The third-order valence-electron chi connectivity index (χ3n) is 3.52. The first-order valence-electron chi connectivity index (χ1n) is 6.27. The number of carbonyl (C=O) groups is 1. The Kier molecular flexibility index (Phi) is 5.03. The Morgan fingerprint density at radius 3 is 2.56 bits per heavy atom. The number of nitrogens with two attached hydrogens (primary N) is 1. The van der Waals surface area contributed by atoms with E-state index >= 15 is 0 Å². The first-order chi connectivity index (χ1) is 8.09. The van der Waals surface area contributed by atoms with Crippen LogP contribution < -0.4 is 11.1 Å². The molecule has 0 bridgehead atoms. The van der Waals surface area contributed by atoms with E-state index in [1.165, 1.54) is 19.3 Å². The van der Waals surface area contributed by atoms with Crippen LogP contribution in [0.2, 0.25) is 0 Å². The fraction of sp³-hybridized carbons (Fsp3) is 0.500. The molecular formula is C14H21ClN2O. The van der Waals surface area contributed by atoms with Crippen LogP contribution in [0.3, 0.4) is 0 Å². The first kappa shape index (κ1) is 14.8. The average molecular weight is 269 g/mol. The molecule has 4 heteroatoms. The van der Waals surface area contributed by atoms with Crippen LogP contribution >= 0.6 is 12.4 Å². The summed E-state index contributed by atoms with van der Waals surface area (Å²) in [6.45, 7) is 2.14. The summed E-state index contributed by atoms with van der Waals surface area (Å²) < 4.78 is 0. The summed E-state index contributed by atoms with van der Waals surface area (Å²) in [6, 6.07) is 7.13. The fourth-order valence-electron chi connectivity index (χ4n) is 2.48. The van der Waals surface area contributed by atoms with E-state index in [1.807, 2.05) is 6.07 Å². The number of nitrogens with one attached hydrogen (secondary N) is 1. The van der Waals surface area contributed by atoms with Gasteiger partial charge in [0.15, 0.2) is 0 Å². The van der Waals surface area contributed by atoms with Gasteiger partial charge in [0.2, 0.25) is 0 Å². The van der Waals surface area contributed by atoms with Gasteiger partial charge < -0.3 is 11.1 Å². The Morgan fingerprint density at radius 2 is 1.94 bits per heavy atom. The second-order valence-electron chi connectivity index (χ2n) is 5.20. The van der Waals surface area contributed by atoms with Crippen LogP contribution in [0.4, 0.5) is 5.69 Å². The molecule has 0 unspecified atom stereocenters. The van der Waals surface area contributed by atoms with E-state index in [2.05, 4.69) is 12.2 Å². The van der Waals surface area contributed by atoms with Gasteiger partial charge in [-0.25, -0.2) is 0 Å². The summed E-state index contributed by atoms with van der Waals surface area (Å²) in [5.74, 6) is -0.0123. The Bertz CT molecular complexity index is 414. The molecule has 1 aliphatic carbocycles. The molecule has 3 N–H and O–H groups in total. The zero-order valence-electron chi connectivity index (χ0n) is 10.7. The Labute approximate surface area is 115 Å². The van der Waals surface area contributed by atoms with Crippen LogP contribution in [-0.4, -0.2) is 11.4 Å². The number of carbonyl (C=O) groups excluding carboxylic acids is 1. The molecule has 2 rings (SSSR count). The van der Waals surface area contributed by atoms with Gasteiger partial charge in [0.05, 0.1) is 0 Å². The third kappa shape index (κ3) is 3.64. The minimum Gasteiger partial charge on any atom is -0.399 e. The van der Waals surface area contributed by atoms with Crippen molar-refractivity contribution in [2.24, 2.45) is 0 Å². The minimum absolute atomic E-state index is 0. The van der Waals surface area contributed by atoms with Crippen molar-refractivity contribution < 1.29 is 4.79 Å². The quantitative estimate of drug-likeness (QED) is 0.810. The molecule has 0 heterocycles. The van der Waals surface area contributed by atoms with Gasteiger partial charge in [0.25, 0.3) is 5.91 Å². The Morgan fingerprint density at radius 1 is 1.28 bits per heavy atom. The summed E-state index contributed by atoms with van der Waals surface area (Å²) in [7, 11) is 0. The van der Waals surface area contributed by atoms with Crippen molar-refractivity contribution in [2.45, 2.75) is 44.6 Å². The van der Waals surface area contributed by atoms with Gasteiger partial charge in [0.1, 0.15) is 0 Å². The van der Waals surface area contributed by atoms with Crippen LogP contribution in [-0.2, 0) is 0 Å². The van der Waals surface area contributed by atoms with Gasteiger partial charge in [-0.2, -0.15) is 0 Å². The maximum atomic E-state index is 12.1. The van der Waals surface area contributed by atoms with Gasteiger partial charge in [-0.1, -0.05) is 25.3 Å². The number of hydrogen-bond acceptors (Lipinski definition) is 2. The number of anilines is 1. The number of hydrogen-bond donors (Lipinski definition) is 2. The molecule has 1 aromatic carbocycles. The summed E-state index contributed by atoms with van der Waals surface area (Å²) in [6.07, 6.45) is 5.83. The zero-order chi connectivity index (χ0) is 12.3. The smallest absolute Gasteiger partial charge is 0.251 e. The molecule has 0 spiro atoms. The number of amides is 1. The lowest BCUT2D eigenvalue weighted by Crippen LogP contribution is -2.47. The predicted molar refractivity (Wildman–Crippen MR) is 77.1 cm³/mol. The highest BCUT2D eigenvalue weighted by Gasteiger charge is 2.28. The second-order valence-corrected chi connectivity index (χ2v) is 5.20. The normalized spacial score (nSPS) is 17.6. The topological polar surface area (TPSA) is 55.1 Å². The van der Waals surface area contributed by atoms with E-state index in [9.17, 15) is 4.79 Å². The summed E-state index contributed by atoms with van der Waals surface area (Å²) in [5, 5.41) is 3.14. The standard InChI is InChI=1S/C14H20N2O.ClH/c1-14(8-3-2-4-9-14)16-13(17)11-6-5-7-12(15)10-11;/h5-7,10H,2-4,8-9,15H2,1H3,(H,16,17);1H. The van der Waals surface area contributed by atoms with Crippen molar-refractivity contribution in [1.29, 1.82) is 0 Å². The van der Waals surface area contributed by atoms with Gasteiger partial charge in [-0.05, 0) is 38.0 Å². The highest BCUT2D eigenvalue weighted by atomic mass is 35.5. The molecule has 0 aliphatic heterocycles. The molecule has 0 aromatic heterocycles. The van der Waals surface area contributed by atoms with Gasteiger partial charge in [-0.3, -0.25) is 4.79 Å². The predicted octanol–water partition coefficient (Wildman–Crippen LogP) is 3.14. The molecule has 1 amide bonds. The zero-order valence-corrected chi connectivity index (χ0v) is 11.6. The number of nitrogen functional groups attached to an aromatic ring is 1. The van der Waals surface area contributed by atoms with Crippen LogP contribution in [0, 0.1) is 0 Å². The SMILES string of the molecule is CC1(NC(=O)c2cccc(N)c2)CCCCC1.Cl. The molecule has 0 radical (unpaired) electrons. The lowest BCUT2D eigenvalue weighted by atomic mass is 9.83. The molecule has 0 atom stereocenters. The van der Waals surface area contributed by atoms with E-state index in [4.69, 9.17) is 5.73 Å². The molecule has 3 nitrogen and oxygen atoms in total. The molecule has 1 aromatic rings. The van der Waals surface area contributed by atoms with E-state index < -0.39 is 0 Å².